The number of nitrogens with zero attached hydrogens (tertiary/aromatic N) is 3. The van der Waals surface area contributed by atoms with Crippen molar-refractivity contribution in [1.29, 1.82) is 0 Å². The molecular formula is C15H15N3O2S2. The lowest BCUT2D eigenvalue weighted by Crippen LogP contribution is -2.26. The molecule has 0 fully saturated rings. The van der Waals surface area contributed by atoms with Crippen LogP contribution >= 0.6 is 11.7 Å². The van der Waals surface area contributed by atoms with Gasteiger partial charge in [-0.1, -0.05) is 35.9 Å². The van der Waals surface area contributed by atoms with E-state index < -0.39 is 10.0 Å². The molecule has 0 spiro atoms. The van der Waals surface area contributed by atoms with Crippen LogP contribution in [0.2, 0.25) is 0 Å². The molecule has 3 rings (SSSR count). The molecule has 0 unspecified atom stereocenters. The second-order valence-electron chi connectivity index (χ2n) is 5.13. The van der Waals surface area contributed by atoms with E-state index in [1.54, 1.807) is 25.2 Å². The number of hydrogen-bond donors (Lipinski definition) is 0. The van der Waals surface area contributed by atoms with E-state index in [0.29, 0.717) is 17.6 Å². The summed E-state index contributed by atoms with van der Waals surface area (Å²) in [5.74, 6) is 0. The summed E-state index contributed by atoms with van der Waals surface area (Å²) in [6.07, 6.45) is 0. The molecule has 1 heterocycles. The molecule has 0 atom stereocenters. The molecule has 0 aliphatic heterocycles. The van der Waals surface area contributed by atoms with Crippen molar-refractivity contribution >= 4 is 32.8 Å². The molecule has 0 amide bonds. The summed E-state index contributed by atoms with van der Waals surface area (Å²) in [6.45, 7) is 2.32. The Hall–Kier alpha value is -1.83. The molecular weight excluding hydrogens is 318 g/mol. The molecule has 7 heteroatoms. The highest BCUT2D eigenvalue weighted by molar-refractivity contribution is 7.89. The predicted molar refractivity (Wildman–Crippen MR) is 87.2 cm³/mol. The lowest BCUT2D eigenvalue weighted by atomic mass is 10.1. The van der Waals surface area contributed by atoms with Gasteiger partial charge < -0.3 is 0 Å². The minimum Gasteiger partial charge on any atom is -0.207 e. The van der Waals surface area contributed by atoms with Crippen molar-refractivity contribution in [2.75, 3.05) is 7.05 Å². The monoisotopic (exact) mass is 333 g/mol. The van der Waals surface area contributed by atoms with Gasteiger partial charge in [0.25, 0.3) is 0 Å². The van der Waals surface area contributed by atoms with Gasteiger partial charge in [-0.2, -0.15) is 13.1 Å². The van der Waals surface area contributed by atoms with E-state index in [0.717, 1.165) is 22.9 Å². The maximum absolute atomic E-state index is 12.8. The fraction of sp³-hybridized carbons (Fsp3) is 0.200. The van der Waals surface area contributed by atoms with Gasteiger partial charge in [0.2, 0.25) is 10.0 Å². The van der Waals surface area contributed by atoms with Crippen LogP contribution < -0.4 is 0 Å². The van der Waals surface area contributed by atoms with Gasteiger partial charge in [-0.15, -0.1) is 0 Å². The minimum atomic E-state index is -3.61. The molecule has 5 nitrogen and oxygen atoms in total. The molecule has 2 aromatic carbocycles. The molecule has 1 aromatic heterocycles. The number of aromatic nitrogens is 2. The van der Waals surface area contributed by atoms with Crippen LogP contribution in [0.1, 0.15) is 11.1 Å². The van der Waals surface area contributed by atoms with Crippen molar-refractivity contribution in [2.45, 2.75) is 18.4 Å². The van der Waals surface area contributed by atoms with Gasteiger partial charge in [0.1, 0.15) is 15.9 Å². The van der Waals surface area contributed by atoms with Crippen LogP contribution in [0.3, 0.4) is 0 Å². The molecule has 0 aliphatic carbocycles. The minimum absolute atomic E-state index is 0.202. The van der Waals surface area contributed by atoms with Crippen LogP contribution in [0.15, 0.2) is 47.4 Å². The predicted octanol–water partition coefficient (Wildman–Crippen LogP) is 2.82. The first-order valence-electron chi connectivity index (χ1n) is 6.71. The Balaban J connectivity index is 1.95. The van der Waals surface area contributed by atoms with Gasteiger partial charge >= 0.3 is 0 Å². The average molecular weight is 333 g/mol. The summed E-state index contributed by atoms with van der Waals surface area (Å²) in [4.78, 5) is 0.202. The molecule has 0 aliphatic rings. The Bertz CT molecular complexity index is 902. The summed E-state index contributed by atoms with van der Waals surface area (Å²) in [5, 5.41) is 0. The van der Waals surface area contributed by atoms with Crippen LogP contribution in [0.25, 0.3) is 11.0 Å². The van der Waals surface area contributed by atoms with Gasteiger partial charge in [-0.3, -0.25) is 0 Å². The first kappa shape index (κ1) is 15.1. The van der Waals surface area contributed by atoms with Crippen LogP contribution in [0, 0.1) is 6.92 Å². The third-order valence-electron chi connectivity index (χ3n) is 3.46. The van der Waals surface area contributed by atoms with Crippen LogP contribution in [-0.2, 0) is 16.6 Å². The van der Waals surface area contributed by atoms with Crippen molar-refractivity contribution in [3.8, 4) is 0 Å². The molecule has 0 radical (unpaired) electrons. The van der Waals surface area contributed by atoms with E-state index in [9.17, 15) is 8.42 Å². The van der Waals surface area contributed by atoms with Crippen LogP contribution in [0.4, 0.5) is 0 Å². The first-order chi connectivity index (χ1) is 10.5. The summed E-state index contributed by atoms with van der Waals surface area (Å²) >= 11 is 1.02. The standard InChI is InChI=1S/C15H15N3O2S2/c1-11-6-8-12(9-7-11)10-18(2)22(19,20)14-5-3-4-13-15(14)17-21-16-13/h3-9H,10H2,1-2H3. The van der Waals surface area contributed by atoms with Crippen LogP contribution in [0.5, 0.6) is 0 Å². The van der Waals surface area contributed by atoms with Crippen molar-refractivity contribution in [2.24, 2.45) is 0 Å². The largest absolute Gasteiger partial charge is 0.245 e. The summed E-state index contributed by atoms with van der Waals surface area (Å²) in [6, 6.07) is 12.8. The second kappa shape index (κ2) is 5.75. The maximum atomic E-state index is 12.8. The summed E-state index contributed by atoms with van der Waals surface area (Å²) in [5.41, 5.74) is 3.13. The van der Waals surface area contributed by atoms with E-state index in [1.807, 2.05) is 31.2 Å². The van der Waals surface area contributed by atoms with E-state index in [2.05, 4.69) is 8.75 Å². The molecule has 0 saturated carbocycles. The van der Waals surface area contributed by atoms with Crippen molar-refractivity contribution in [1.82, 2.24) is 13.1 Å². The highest BCUT2D eigenvalue weighted by Crippen LogP contribution is 2.24. The zero-order valence-electron chi connectivity index (χ0n) is 12.2. The zero-order valence-corrected chi connectivity index (χ0v) is 13.9. The van der Waals surface area contributed by atoms with Crippen LogP contribution in [-0.4, -0.2) is 28.5 Å². The smallest absolute Gasteiger partial charge is 0.207 e. The Labute approximate surface area is 133 Å². The lowest BCUT2D eigenvalue weighted by Gasteiger charge is -2.17. The number of fused-ring (bicyclic) bond motifs is 1. The van der Waals surface area contributed by atoms with Crippen molar-refractivity contribution in [3.63, 3.8) is 0 Å². The van der Waals surface area contributed by atoms with Crippen molar-refractivity contribution < 1.29 is 8.42 Å². The second-order valence-corrected chi connectivity index (χ2v) is 7.68. The number of hydrogen-bond acceptors (Lipinski definition) is 5. The quantitative estimate of drug-likeness (QED) is 0.736. The Kier molecular flexibility index (Phi) is 3.94. The van der Waals surface area contributed by atoms with Gasteiger partial charge in [0.15, 0.2) is 0 Å². The summed E-state index contributed by atoms with van der Waals surface area (Å²) in [7, 11) is -2.03. The normalized spacial score (nSPS) is 12.1. The number of benzene rings is 2. The molecule has 22 heavy (non-hydrogen) atoms. The van der Waals surface area contributed by atoms with E-state index in [4.69, 9.17) is 0 Å². The highest BCUT2D eigenvalue weighted by Gasteiger charge is 2.24. The fourth-order valence-corrected chi connectivity index (χ4v) is 4.10. The topological polar surface area (TPSA) is 63.2 Å². The molecule has 3 aromatic rings. The zero-order chi connectivity index (χ0) is 15.7. The molecule has 0 bridgehead atoms. The van der Waals surface area contributed by atoms with Gasteiger partial charge in [-0.05, 0) is 24.6 Å². The highest BCUT2D eigenvalue weighted by atomic mass is 32.2. The third-order valence-corrected chi connectivity index (χ3v) is 5.84. The third kappa shape index (κ3) is 2.75. The number of sulfonamides is 1. The maximum Gasteiger partial charge on any atom is 0.245 e. The summed E-state index contributed by atoms with van der Waals surface area (Å²) < 4.78 is 35.1. The molecule has 114 valence electrons. The Morgan fingerprint density at radius 2 is 1.82 bits per heavy atom. The van der Waals surface area contributed by atoms with Gasteiger partial charge in [0.05, 0.1) is 11.7 Å². The SMILES string of the molecule is Cc1ccc(CN(C)S(=O)(=O)c2cccc3nsnc23)cc1. The first-order valence-corrected chi connectivity index (χ1v) is 8.89. The molecule has 0 N–H and O–H groups in total. The van der Waals surface area contributed by atoms with Gasteiger partial charge in [0, 0.05) is 13.6 Å². The Morgan fingerprint density at radius 3 is 2.55 bits per heavy atom. The van der Waals surface area contributed by atoms with Gasteiger partial charge in [-0.25, -0.2) is 8.42 Å². The van der Waals surface area contributed by atoms with E-state index in [-0.39, 0.29) is 4.90 Å². The van der Waals surface area contributed by atoms with E-state index >= 15 is 0 Å². The van der Waals surface area contributed by atoms with E-state index in [1.165, 1.54) is 4.31 Å². The fourth-order valence-electron chi connectivity index (χ4n) is 2.19. The molecule has 0 saturated heterocycles. The average Bonchev–Trinajstić information content (AvgIpc) is 2.97. The number of rotatable bonds is 4. The number of aryl methyl sites for hydroxylation is 1. The lowest BCUT2D eigenvalue weighted by molar-refractivity contribution is 0.467. The van der Waals surface area contributed by atoms with Crippen molar-refractivity contribution in [3.05, 3.63) is 53.6 Å². The Morgan fingerprint density at radius 1 is 1.09 bits per heavy atom.